The number of nitrogens with one attached hydrogen (secondary N) is 1. The zero-order chi connectivity index (χ0) is 21.0. The number of piperidine rings is 1. The van der Waals surface area contributed by atoms with Gasteiger partial charge in [0.2, 0.25) is 10.0 Å². The second-order valence-corrected chi connectivity index (χ2v) is 10.0. The summed E-state index contributed by atoms with van der Waals surface area (Å²) < 4.78 is 27.8. The lowest BCUT2D eigenvalue weighted by molar-refractivity contribution is 0.0949. The third kappa shape index (κ3) is 5.51. The van der Waals surface area contributed by atoms with Crippen molar-refractivity contribution < 1.29 is 13.2 Å². The number of hydrogen-bond acceptors (Lipinski definition) is 3. The molecule has 8 heteroatoms. The first kappa shape index (κ1) is 22.1. The minimum atomic E-state index is -3.56. The minimum Gasteiger partial charge on any atom is -0.352 e. The Kier molecular flexibility index (Phi) is 7.22. The van der Waals surface area contributed by atoms with Crippen molar-refractivity contribution in [1.82, 2.24) is 9.62 Å². The van der Waals surface area contributed by atoms with Crippen molar-refractivity contribution in [2.75, 3.05) is 13.1 Å². The van der Waals surface area contributed by atoms with E-state index < -0.39 is 10.0 Å². The number of carbonyl (C=O) groups is 1. The monoisotopic (exact) mass is 454 g/mol. The Bertz CT molecular complexity index is 958. The average Bonchev–Trinajstić information content (AvgIpc) is 2.68. The van der Waals surface area contributed by atoms with Gasteiger partial charge >= 0.3 is 0 Å². The van der Waals surface area contributed by atoms with Crippen molar-refractivity contribution in [3.63, 3.8) is 0 Å². The van der Waals surface area contributed by atoms with Crippen molar-refractivity contribution in [2.24, 2.45) is 0 Å². The Labute approximate surface area is 182 Å². The van der Waals surface area contributed by atoms with Crippen molar-refractivity contribution in [3.05, 3.63) is 63.6 Å². The molecule has 1 atom stereocenters. The van der Waals surface area contributed by atoms with Crippen LogP contribution in [0.25, 0.3) is 0 Å². The van der Waals surface area contributed by atoms with Gasteiger partial charge < -0.3 is 5.32 Å². The van der Waals surface area contributed by atoms with E-state index in [0.29, 0.717) is 40.0 Å². The zero-order valence-corrected chi connectivity index (χ0v) is 18.5. The lowest BCUT2D eigenvalue weighted by atomic mass is 10.0. The molecule has 3 rings (SSSR count). The number of benzene rings is 2. The Morgan fingerprint density at radius 1 is 1.10 bits per heavy atom. The van der Waals surface area contributed by atoms with E-state index in [1.807, 2.05) is 19.1 Å². The van der Waals surface area contributed by atoms with E-state index in [4.69, 9.17) is 23.2 Å². The van der Waals surface area contributed by atoms with E-state index in [-0.39, 0.29) is 11.9 Å². The first-order chi connectivity index (χ1) is 13.8. The van der Waals surface area contributed by atoms with Crippen LogP contribution in [-0.4, -0.2) is 37.8 Å². The Morgan fingerprint density at radius 3 is 2.41 bits per heavy atom. The summed E-state index contributed by atoms with van der Waals surface area (Å²) in [4.78, 5) is 12.7. The normalized spacial score (nSPS) is 17.8. The number of amides is 1. The van der Waals surface area contributed by atoms with E-state index >= 15 is 0 Å². The molecule has 1 aliphatic rings. The second-order valence-electron chi connectivity index (χ2n) is 7.28. The molecule has 1 aliphatic heterocycles. The molecule has 5 nitrogen and oxygen atoms in total. The summed E-state index contributed by atoms with van der Waals surface area (Å²) in [5, 5.41) is 3.63. The number of carbonyl (C=O) groups excluding carboxylic acids is 1. The number of sulfonamides is 1. The van der Waals surface area contributed by atoms with Crippen LogP contribution in [0.5, 0.6) is 0 Å². The highest BCUT2D eigenvalue weighted by Crippen LogP contribution is 2.27. The van der Waals surface area contributed by atoms with Crippen LogP contribution in [0.1, 0.15) is 41.6 Å². The van der Waals surface area contributed by atoms with E-state index in [9.17, 15) is 13.2 Å². The van der Waals surface area contributed by atoms with Crippen LogP contribution in [0, 0.1) is 6.92 Å². The van der Waals surface area contributed by atoms with Crippen LogP contribution < -0.4 is 5.32 Å². The molecule has 2 aromatic rings. The van der Waals surface area contributed by atoms with Crippen LogP contribution in [0.15, 0.2) is 47.4 Å². The fourth-order valence-electron chi connectivity index (χ4n) is 3.56. The van der Waals surface area contributed by atoms with Gasteiger partial charge in [-0.2, -0.15) is 4.31 Å². The molecule has 1 N–H and O–H groups in total. The maximum Gasteiger partial charge on any atom is 0.251 e. The van der Waals surface area contributed by atoms with Gasteiger partial charge in [0.25, 0.3) is 5.91 Å². The van der Waals surface area contributed by atoms with Crippen LogP contribution in [0.3, 0.4) is 0 Å². The van der Waals surface area contributed by atoms with Crippen molar-refractivity contribution >= 4 is 39.1 Å². The van der Waals surface area contributed by atoms with Gasteiger partial charge in [-0.15, -0.1) is 0 Å². The molecule has 0 aromatic heterocycles. The molecule has 0 aliphatic carbocycles. The molecule has 0 saturated carbocycles. The maximum atomic E-state index is 13.1. The molecule has 1 unspecified atom stereocenters. The molecule has 0 bridgehead atoms. The zero-order valence-electron chi connectivity index (χ0n) is 16.2. The van der Waals surface area contributed by atoms with Gasteiger partial charge in [-0.25, -0.2) is 8.42 Å². The first-order valence-corrected chi connectivity index (χ1v) is 11.8. The largest absolute Gasteiger partial charge is 0.352 e. The minimum absolute atomic E-state index is 0.140. The van der Waals surface area contributed by atoms with Crippen molar-refractivity contribution in [3.8, 4) is 0 Å². The first-order valence-electron chi connectivity index (χ1n) is 9.60. The highest BCUT2D eigenvalue weighted by molar-refractivity contribution is 7.89. The van der Waals surface area contributed by atoms with Crippen molar-refractivity contribution in [2.45, 2.75) is 43.5 Å². The number of hydrogen-bond donors (Lipinski definition) is 1. The van der Waals surface area contributed by atoms with Crippen LogP contribution in [0.4, 0.5) is 0 Å². The van der Waals surface area contributed by atoms with E-state index in [2.05, 4.69) is 5.32 Å². The Morgan fingerprint density at radius 2 is 1.76 bits per heavy atom. The topological polar surface area (TPSA) is 66.5 Å². The second kappa shape index (κ2) is 9.47. The molecule has 29 heavy (non-hydrogen) atoms. The molecular weight excluding hydrogens is 431 g/mol. The summed E-state index contributed by atoms with van der Waals surface area (Å²) in [6, 6.07) is 11.5. The van der Waals surface area contributed by atoms with E-state index in [1.165, 1.54) is 0 Å². The molecule has 1 heterocycles. The number of rotatable bonds is 6. The maximum absolute atomic E-state index is 13.1. The SMILES string of the molecule is Cc1ccc(S(=O)(=O)N2CCCCC2CCNC(=O)c2cc(Cl)cc(Cl)c2)cc1. The van der Waals surface area contributed by atoms with Gasteiger partial charge in [0.05, 0.1) is 4.90 Å². The molecule has 0 radical (unpaired) electrons. The highest BCUT2D eigenvalue weighted by atomic mass is 35.5. The molecule has 1 amide bonds. The van der Waals surface area contributed by atoms with Gasteiger partial charge in [-0.1, -0.05) is 47.3 Å². The predicted octanol–water partition coefficient (Wildman–Crippen LogP) is 4.67. The molecule has 0 spiro atoms. The number of halogens is 2. The predicted molar refractivity (Wildman–Crippen MR) is 116 cm³/mol. The van der Waals surface area contributed by atoms with E-state index in [0.717, 1.165) is 24.8 Å². The van der Waals surface area contributed by atoms with Crippen LogP contribution >= 0.6 is 23.2 Å². The van der Waals surface area contributed by atoms with Crippen LogP contribution in [0.2, 0.25) is 10.0 Å². The Hall–Kier alpha value is -1.60. The lowest BCUT2D eigenvalue weighted by Gasteiger charge is -2.34. The third-order valence-electron chi connectivity index (χ3n) is 5.09. The summed E-state index contributed by atoms with van der Waals surface area (Å²) in [7, 11) is -3.56. The fraction of sp³-hybridized carbons (Fsp3) is 0.381. The molecule has 1 fully saturated rings. The van der Waals surface area contributed by atoms with Gasteiger partial charge in [-0.05, 0) is 56.5 Å². The molecule has 156 valence electrons. The summed E-state index contributed by atoms with van der Waals surface area (Å²) >= 11 is 11.9. The molecular formula is C21H24Cl2N2O3S. The summed E-state index contributed by atoms with van der Waals surface area (Å²) in [5.41, 5.74) is 1.40. The summed E-state index contributed by atoms with van der Waals surface area (Å²) in [6.45, 7) is 2.79. The van der Waals surface area contributed by atoms with E-state index in [1.54, 1.807) is 34.6 Å². The lowest BCUT2D eigenvalue weighted by Crippen LogP contribution is -2.45. The Balaban J connectivity index is 1.65. The summed E-state index contributed by atoms with van der Waals surface area (Å²) in [5.74, 6) is -0.279. The van der Waals surface area contributed by atoms with Gasteiger partial charge in [0, 0.05) is 34.7 Å². The number of nitrogens with zero attached hydrogens (tertiary/aromatic N) is 1. The third-order valence-corrected chi connectivity index (χ3v) is 7.49. The standard InChI is InChI=1S/C21H24Cl2N2O3S/c1-15-5-7-20(8-6-15)29(27,28)25-11-3-2-4-19(25)9-10-24-21(26)16-12-17(22)14-18(23)13-16/h5-8,12-14,19H,2-4,9-11H2,1H3,(H,24,26). The average molecular weight is 455 g/mol. The van der Waals surface area contributed by atoms with Crippen LogP contribution in [-0.2, 0) is 10.0 Å². The summed E-state index contributed by atoms with van der Waals surface area (Å²) in [6.07, 6.45) is 3.15. The highest BCUT2D eigenvalue weighted by Gasteiger charge is 2.33. The van der Waals surface area contributed by atoms with Gasteiger partial charge in [0.15, 0.2) is 0 Å². The molecule has 1 saturated heterocycles. The number of aryl methyl sites for hydroxylation is 1. The quantitative estimate of drug-likeness (QED) is 0.689. The fourth-order valence-corrected chi connectivity index (χ4v) is 5.81. The smallest absolute Gasteiger partial charge is 0.251 e. The van der Waals surface area contributed by atoms with Gasteiger partial charge in [-0.3, -0.25) is 4.79 Å². The van der Waals surface area contributed by atoms with Crippen molar-refractivity contribution in [1.29, 1.82) is 0 Å². The molecule has 2 aromatic carbocycles. The van der Waals surface area contributed by atoms with Gasteiger partial charge in [0.1, 0.15) is 0 Å².